The summed E-state index contributed by atoms with van der Waals surface area (Å²) < 4.78 is 28.6. The van der Waals surface area contributed by atoms with Crippen LogP contribution in [0.1, 0.15) is 31.4 Å². The Hall–Kier alpha value is -2.35. The molecule has 1 aromatic carbocycles. The van der Waals surface area contributed by atoms with Gasteiger partial charge in [0.25, 0.3) is 10.0 Å². The van der Waals surface area contributed by atoms with Gasteiger partial charge in [0.05, 0.1) is 18.4 Å². The van der Waals surface area contributed by atoms with Crippen LogP contribution in [0.4, 0.5) is 5.69 Å². The molecule has 0 fully saturated rings. The second-order valence-electron chi connectivity index (χ2n) is 5.69. The van der Waals surface area contributed by atoms with Gasteiger partial charge in [-0.2, -0.15) is 13.5 Å². The highest BCUT2D eigenvalue weighted by atomic mass is 32.2. The van der Waals surface area contributed by atoms with Crippen LogP contribution in [0.3, 0.4) is 0 Å². The van der Waals surface area contributed by atoms with Crippen LogP contribution in [0.15, 0.2) is 41.6 Å². The van der Waals surface area contributed by atoms with Gasteiger partial charge in [-0.05, 0) is 31.5 Å². The van der Waals surface area contributed by atoms with Crippen molar-refractivity contribution in [2.24, 2.45) is 0 Å². The van der Waals surface area contributed by atoms with E-state index in [9.17, 15) is 18.3 Å². The molecule has 1 aromatic heterocycles. The Kier molecular flexibility index (Phi) is 3.63. The Balaban J connectivity index is 2.12. The topological polar surface area (TPSA) is 92.5 Å². The summed E-state index contributed by atoms with van der Waals surface area (Å²) in [7, 11) is -3.88. The van der Waals surface area contributed by atoms with Crippen LogP contribution in [-0.2, 0) is 14.8 Å². The third-order valence-electron chi connectivity index (χ3n) is 3.90. The summed E-state index contributed by atoms with van der Waals surface area (Å²) in [5.74, 6) is -1.90. The van der Waals surface area contributed by atoms with Gasteiger partial charge >= 0.3 is 5.97 Å². The van der Waals surface area contributed by atoms with Gasteiger partial charge < -0.3 is 5.11 Å². The molecule has 1 aliphatic rings. The standard InChI is InChI=1S/C15H17N3O4S/c1-10(2)18-14(7-8-16-18)23(21,22)17-9-12(15(19)20)11-5-3-4-6-13(11)17/h3-8,10,12H,9H2,1-2H3,(H,19,20). The van der Waals surface area contributed by atoms with Gasteiger partial charge in [-0.1, -0.05) is 18.2 Å². The third-order valence-corrected chi connectivity index (χ3v) is 5.68. The van der Waals surface area contributed by atoms with Crippen LogP contribution >= 0.6 is 0 Å². The molecular formula is C15H17N3O4S. The van der Waals surface area contributed by atoms with Crippen molar-refractivity contribution in [2.45, 2.75) is 30.8 Å². The number of aliphatic carboxylic acids is 1. The molecular weight excluding hydrogens is 318 g/mol. The van der Waals surface area contributed by atoms with Crippen molar-refractivity contribution in [1.29, 1.82) is 0 Å². The first kappa shape index (κ1) is 15.5. The minimum Gasteiger partial charge on any atom is -0.481 e. The smallest absolute Gasteiger partial charge is 0.312 e. The zero-order valence-corrected chi connectivity index (χ0v) is 13.6. The summed E-state index contributed by atoms with van der Waals surface area (Å²) >= 11 is 0. The maximum Gasteiger partial charge on any atom is 0.312 e. The predicted octanol–water partition coefficient (Wildman–Crippen LogP) is 1.84. The number of carboxylic acids is 1. The minimum absolute atomic E-state index is 0.0633. The number of aromatic nitrogens is 2. The SMILES string of the molecule is CC(C)n1nccc1S(=O)(=O)N1CC(C(=O)O)c2ccccc21. The number of rotatable bonds is 4. The van der Waals surface area contributed by atoms with Crippen molar-refractivity contribution < 1.29 is 18.3 Å². The van der Waals surface area contributed by atoms with Gasteiger partial charge in [-0.15, -0.1) is 0 Å². The Labute approximate surface area is 134 Å². The number of sulfonamides is 1. The Bertz CT molecular complexity index is 857. The maximum absolute atomic E-state index is 13.0. The molecule has 1 unspecified atom stereocenters. The van der Waals surface area contributed by atoms with Crippen LogP contribution in [0.2, 0.25) is 0 Å². The van der Waals surface area contributed by atoms with Crippen molar-refractivity contribution in [2.75, 3.05) is 10.8 Å². The molecule has 0 bridgehead atoms. The average molecular weight is 335 g/mol. The first-order valence-electron chi connectivity index (χ1n) is 7.22. The van der Waals surface area contributed by atoms with Gasteiger partial charge in [0.1, 0.15) is 5.92 Å². The Morgan fingerprint density at radius 1 is 1.30 bits per heavy atom. The number of carbonyl (C=O) groups is 1. The zero-order chi connectivity index (χ0) is 16.8. The van der Waals surface area contributed by atoms with E-state index in [0.29, 0.717) is 11.3 Å². The lowest BCUT2D eigenvalue weighted by Crippen LogP contribution is -2.33. The van der Waals surface area contributed by atoms with Gasteiger partial charge in [0.2, 0.25) is 0 Å². The van der Waals surface area contributed by atoms with Gasteiger partial charge in [0.15, 0.2) is 5.03 Å². The number of benzene rings is 1. The lowest BCUT2D eigenvalue weighted by molar-refractivity contribution is -0.138. The summed E-state index contributed by atoms with van der Waals surface area (Å²) in [5, 5.41) is 13.5. The van der Waals surface area contributed by atoms with E-state index in [2.05, 4.69) is 5.10 Å². The van der Waals surface area contributed by atoms with E-state index in [1.807, 2.05) is 13.8 Å². The number of fused-ring (bicyclic) bond motifs is 1. The molecule has 122 valence electrons. The molecule has 2 aromatic rings. The predicted molar refractivity (Wildman–Crippen MR) is 84.0 cm³/mol. The normalized spacial score (nSPS) is 17.5. The molecule has 1 aliphatic heterocycles. The highest BCUT2D eigenvalue weighted by Crippen LogP contribution is 2.39. The van der Waals surface area contributed by atoms with E-state index in [1.165, 1.54) is 16.9 Å². The van der Waals surface area contributed by atoms with Crippen LogP contribution in [0.25, 0.3) is 0 Å². The quantitative estimate of drug-likeness (QED) is 0.920. The van der Waals surface area contributed by atoms with Gasteiger partial charge in [-0.25, -0.2) is 4.68 Å². The summed E-state index contributed by atoms with van der Waals surface area (Å²) in [6.45, 7) is 3.56. The van der Waals surface area contributed by atoms with Gasteiger partial charge in [0, 0.05) is 6.04 Å². The highest BCUT2D eigenvalue weighted by Gasteiger charge is 2.40. The fraction of sp³-hybridized carbons (Fsp3) is 0.333. The van der Waals surface area contributed by atoms with E-state index in [1.54, 1.807) is 24.3 Å². The number of nitrogens with zero attached hydrogens (tertiary/aromatic N) is 3. The van der Waals surface area contributed by atoms with Crippen LogP contribution in [0.5, 0.6) is 0 Å². The number of hydrogen-bond donors (Lipinski definition) is 1. The van der Waals surface area contributed by atoms with E-state index in [-0.39, 0.29) is 17.6 Å². The number of para-hydroxylation sites is 1. The fourth-order valence-corrected chi connectivity index (χ4v) is 4.54. The van der Waals surface area contributed by atoms with E-state index in [0.717, 1.165) is 4.31 Å². The number of hydrogen-bond acceptors (Lipinski definition) is 4. The first-order chi connectivity index (χ1) is 10.8. The zero-order valence-electron chi connectivity index (χ0n) is 12.7. The molecule has 7 nitrogen and oxygen atoms in total. The lowest BCUT2D eigenvalue weighted by Gasteiger charge is -2.21. The average Bonchev–Trinajstić information content (AvgIpc) is 3.12. The molecule has 8 heteroatoms. The molecule has 0 amide bonds. The molecule has 0 aliphatic carbocycles. The molecule has 1 N–H and O–H groups in total. The first-order valence-corrected chi connectivity index (χ1v) is 8.66. The van der Waals surface area contributed by atoms with E-state index in [4.69, 9.17) is 0 Å². The molecule has 1 atom stereocenters. The molecule has 0 saturated carbocycles. The van der Waals surface area contributed by atoms with Crippen molar-refractivity contribution in [3.8, 4) is 0 Å². The molecule has 0 spiro atoms. The van der Waals surface area contributed by atoms with E-state index >= 15 is 0 Å². The second-order valence-corrected chi connectivity index (χ2v) is 7.50. The molecule has 3 rings (SSSR count). The maximum atomic E-state index is 13.0. The highest BCUT2D eigenvalue weighted by molar-refractivity contribution is 7.92. The molecule has 23 heavy (non-hydrogen) atoms. The second kappa shape index (κ2) is 5.38. The summed E-state index contributed by atoms with van der Waals surface area (Å²) in [4.78, 5) is 11.5. The molecule has 0 saturated heterocycles. The number of carboxylic acid groups (broad SMARTS) is 1. The van der Waals surface area contributed by atoms with Crippen molar-refractivity contribution in [1.82, 2.24) is 9.78 Å². The summed E-state index contributed by atoms with van der Waals surface area (Å²) in [6, 6.07) is 8.01. The van der Waals surface area contributed by atoms with Gasteiger partial charge in [-0.3, -0.25) is 9.10 Å². The molecule has 0 radical (unpaired) electrons. The molecule has 2 heterocycles. The summed E-state index contributed by atoms with van der Waals surface area (Å²) in [5.41, 5.74) is 0.926. The summed E-state index contributed by atoms with van der Waals surface area (Å²) in [6.07, 6.45) is 1.43. The Morgan fingerprint density at radius 2 is 2.00 bits per heavy atom. The van der Waals surface area contributed by atoms with Crippen LogP contribution in [-0.4, -0.2) is 35.8 Å². The Morgan fingerprint density at radius 3 is 2.65 bits per heavy atom. The number of anilines is 1. The van der Waals surface area contributed by atoms with Crippen LogP contribution in [0, 0.1) is 0 Å². The van der Waals surface area contributed by atoms with Crippen molar-refractivity contribution >= 4 is 21.7 Å². The van der Waals surface area contributed by atoms with Crippen molar-refractivity contribution in [3.05, 3.63) is 42.1 Å². The monoisotopic (exact) mass is 335 g/mol. The largest absolute Gasteiger partial charge is 0.481 e. The third kappa shape index (κ3) is 2.39. The lowest BCUT2D eigenvalue weighted by atomic mass is 10.0. The van der Waals surface area contributed by atoms with E-state index < -0.39 is 21.9 Å². The van der Waals surface area contributed by atoms with Crippen molar-refractivity contribution in [3.63, 3.8) is 0 Å². The fourth-order valence-electron chi connectivity index (χ4n) is 2.82. The van der Waals surface area contributed by atoms with Crippen LogP contribution < -0.4 is 4.31 Å². The minimum atomic E-state index is -3.88.